The molecule has 0 atom stereocenters. The van der Waals surface area contributed by atoms with Crippen LogP contribution in [0.4, 0.5) is 17.5 Å². The monoisotopic (exact) mass is 557 g/mol. The number of nitrogens with two attached hydrogens (primary N) is 1. The Balaban J connectivity index is 1.28. The predicted molar refractivity (Wildman–Crippen MR) is 151 cm³/mol. The number of hydrogen-bond donors (Lipinski definition) is 4. The zero-order chi connectivity index (χ0) is 28.8. The molecule has 5 rings (SSSR count). The number of fused-ring (bicyclic) bond motifs is 1. The van der Waals surface area contributed by atoms with E-state index in [2.05, 4.69) is 35.6 Å². The Labute approximate surface area is 235 Å². The molecule has 1 aromatic carbocycles. The van der Waals surface area contributed by atoms with Crippen molar-refractivity contribution < 1.29 is 4.79 Å². The lowest BCUT2D eigenvalue weighted by molar-refractivity contribution is -0.130. The molecule has 1 amide bonds. The number of amidine groups is 1. The third-order valence-electron chi connectivity index (χ3n) is 7.47. The van der Waals surface area contributed by atoms with Gasteiger partial charge in [-0.05, 0) is 43.6 Å². The number of carbonyl (C=O) groups is 1. The summed E-state index contributed by atoms with van der Waals surface area (Å²) in [5, 5.41) is 25.8. The minimum atomic E-state index is -0.399. The Kier molecular flexibility index (Phi) is 8.39. The van der Waals surface area contributed by atoms with E-state index in [1.54, 1.807) is 4.90 Å². The van der Waals surface area contributed by atoms with Crippen LogP contribution in [0.15, 0.2) is 45.5 Å². The third-order valence-corrected chi connectivity index (χ3v) is 7.47. The van der Waals surface area contributed by atoms with E-state index in [0.717, 1.165) is 43.7 Å². The van der Waals surface area contributed by atoms with Gasteiger partial charge in [-0.1, -0.05) is 12.1 Å². The van der Waals surface area contributed by atoms with Gasteiger partial charge in [0.05, 0.1) is 12.3 Å². The molecular formula is C26H31N13O2. The Morgan fingerprint density at radius 1 is 1.15 bits per heavy atom. The van der Waals surface area contributed by atoms with Crippen molar-refractivity contribution in [2.45, 2.75) is 25.8 Å². The first kappa shape index (κ1) is 27.6. The van der Waals surface area contributed by atoms with Crippen molar-refractivity contribution in [2.24, 2.45) is 22.0 Å². The average molecular weight is 558 g/mol. The molecule has 0 radical (unpaired) electrons. The number of likely N-dealkylation sites (tertiary alicyclic amines) is 1. The molecule has 212 valence electrons. The molecule has 5 N–H and O–H groups in total. The molecule has 15 nitrogen and oxygen atoms in total. The van der Waals surface area contributed by atoms with E-state index in [9.17, 15) is 9.59 Å². The van der Waals surface area contributed by atoms with Crippen LogP contribution in [0.3, 0.4) is 0 Å². The number of hydrogen-bond acceptors (Lipinski definition) is 12. The van der Waals surface area contributed by atoms with Crippen LogP contribution in [-0.4, -0.2) is 81.0 Å². The fourth-order valence-electron chi connectivity index (χ4n) is 5.22. The number of hydrazone groups is 1. The number of piperazine rings is 1. The van der Waals surface area contributed by atoms with Crippen molar-refractivity contribution in [3.8, 4) is 6.07 Å². The number of aromatic amines is 1. The molecule has 0 aliphatic carbocycles. The maximum absolute atomic E-state index is 12.7. The number of anilines is 3. The van der Waals surface area contributed by atoms with Crippen molar-refractivity contribution in [2.75, 3.05) is 49.5 Å². The SMILES string of the molecule is N#CCC(=O)N1CCN(c2nc(Nc3ccc(CN4CCC(C(N=N)=NN)CC4)cc3)c3c(=O)[nH]ncc3n2)CC1. The van der Waals surface area contributed by atoms with Gasteiger partial charge < -0.3 is 21.0 Å². The molecule has 0 bridgehead atoms. The van der Waals surface area contributed by atoms with Gasteiger partial charge >= 0.3 is 0 Å². The summed E-state index contributed by atoms with van der Waals surface area (Å²) < 4.78 is 0. The lowest BCUT2D eigenvalue weighted by Gasteiger charge is -2.34. The summed E-state index contributed by atoms with van der Waals surface area (Å²) in [6.45, 7) is 4.44. The number of nitrogens with zero attached hydrogens (tertiary/aromatic N) is 9. The number of benzene rings is 1. The van der Waals surface area contributed by atoms with Crippen LogP contribution in [0.25, 0.3) is 10.9 Å². The summed E-state index contributed by atoms with van der Waals surface area (Å²) in [7, 11) is 0. The lowest BCUT2D eigenvalue weighted by Crippen LogP contribution is -2.49. The topological polar surface area (TPSA) is 209 Å². The molecule has 0 unspecified atom stereocenters. The van der Waals surface area contributed by atoms with Gasteiger partial charge in [0.2, 0.25) is 11.9 Å². The predicted octanol–water partition coefficient (Wildman–Crippen LogP) is 1.53. The fraction of sp³-hybridized carbons (Fsp3) is 0.423. The van der Waals surface area contributed by atoms with Gasteiger partial charge in [-0.25, -0.2) is 15.6 Å². The van der Waals surface area contributed by atoms with E-state index in [-0.39, 0.29) is 18.2 Å². The van der Waals surface area contributed by atoms with Crippen molar-refractivity contribution >= 4 is 40.1 Å². The smallest absolute Gasteiger partial charge is 0.277 e. The van der Waals surface area contributed by atoms with Crippen LogP contribution in [0, 0.1) is 22.8 Å². The highest BCUT2D eigenvalue weighted by Crippen LogP contribution is 2.26. The first-order valence-electron chi connectivity index (χ1n) is 13.4. The van der Waals surface area contributed by atoms with Crippen molar-refractivity contribution in [1.82, 2.24) is 30.0 Å². The maximum atomic E-state index is 12.7. The highest BCUT2D eigenvalue weighted by Gasteiger charge is 2.25. The molecule has 2 aliphatic heterocycles. The average Bonchev–Trinajstić information content (AvgIpc) is 3.00. The van der Waals surface area contributed by atoms with Crippen LogP contribution in [0.2, 0.25) is 0 Å². The fourth-order valence-corrected chi connectivity index (χ4v) is 5.22. The van der Waals surface area contributed by atoms with E-state index in [1.807, 2.05) is 35.2 Å². The summed E-state index contributed by atoms with van der Waals surface area (Å²) >= 11 is 0. The molecule has 3 aromatic rings. The largest absolute Gasteiger partial charge is 0.339 e. The van der Waals surface area contributed by atoms with Gasteiger partial charge in [0.25, 0.3) is 5.56 Å². The number of amides is 1. The van der Waals surface area contributed by atoms with Gasteiger partial charge in [-0.15, -0.1) is 5.11 Å². The summed E-state index contributed by atoms with van der Waals surface area (Å²) in [6, 6.07) is 9.87. The van der Waals surface area contributed by atoms with Gasteiger partial charge in [0, 0.05) is 44.3 Å². The van der Waals surface area contributed by atoms with Crippen LogP contribution < -0.4 is 21.6 Å². The number of H-pyrrole nitrogens is 1. The number of piperidine rings is 1. The van der Waals surface area contributed by atoms with Crippen LogP contribution in [-0.2, 0) is 11.3 Å². The highest BCUT2D eigenvalue weighted by atomic mass is 16.2. The first-order chi connectivity index (χ1) is 20.0. The number of nitrogens with one attached hydrogen (secondary N) is 3. The Morgan fingerprint density at radius 2 is 1.88 bits per heavy atom. The van der Waals surface area contributed by atoms with E-state index < -0.39 is 5.56 Å². The zero-order valence-corrected chi connectivity index (χ0v) is 22.5. The number of rotatable bonds is 7. The number of carbonyl (C=O) groups excluding carboxylic acids is 1. The summed E-state index contributed by atoms with van der Waals surface area (Å²) in [6.07, 6.45) is 3.07. The molecule has 15 heteroatoms. The molecule has 0 saturated carbocycles. The molecule has 2 aromatic heterocycles. The Bertz CT molecular complexity index is 1530. The van der Waals surface area contributed by atoms with E-state index in [0.29, 0.717) is 54.7 Å². The van der Waals surface area contributed by atoms with Gasteiger partial charge in [-0.3, -0.25) is 14.5 Å². The van der Waals surface area contributed by atoms with Gasteiger partial charge in [-0.2, -0.15) is 20.4 Å². The summed E-state index contributed by atoms with van der Waals surface area (Å²) in [4.78, 5) is 40.0. The van der Waals surface area contributed by atoms with Crippen molar-refractivity contribution in [3.63, 3.8) is 0 Å². The summed E-state index contributed by atoms with van der Waals surface area (Å²) in [5.41, 5.74) is 9.14. The Morgan fingerprint density at radius 3 is 2.54 bits per heavy atom. The minimum Gasteiger partial charge on any atom is -0.339 e. The standard InChI is InChI=1S/C26H31N13O2/c27-8-5-21(40)38-11-13-39(14-12-38)26-32-20-15-30-36-25(41)22(20)24(33-26)31-19-3-1-17(2-4-19)16-37-9-6-18(7-10-37)23(34-28)35-29/h1-4,15,18,28H,5-7,9-14,16,29H2,(H,36,41)(H,31,32,33). The number of nitriles is 1. The molecule has 4 heterocycles. The van der Waals surface area contributed by atoms with Crippen LogP contribution in [0.1, 0.15) is 24.8 Å². The molecular weight excluding hydrogens is 526 g/mol. The van der Waals surface area contributed by atoms with E-state index in [1.165, 1.54) is 6.20 Å². The number of aromatic nitrogens is 4. The van der Waals surface area contributed by atoms with Crippen molar-refractivity contribution in [3.05, 3.63) is 46.4 Å². The molecule has 41 heavy (non-hydrogen) atoms. The highest BCUT2D eigenvalue weighted by molar-refractivity contribution is 5.90. The molecule has 2 fully saturated rings. The second-order valence-electron chi connectivity index (χ2n) is 10.0. The molecule has 2 aliphatic rings. The summed E-state index contributed by atoms with van der Waals surface area (Å²) in [5.74, 6) is 6.49. The minimum absolute atomic E-state index is 0.126. The maximum Gasteiger partial charge on any atom is 0.277 e. The second kappa shape index (κ2) is 12.5. The zero-order valence-electron chi connectivity index (χ0n) is 22.5. The van der Waals surface area contributed by atoms with E-state index >= 15 is 0 Å². The third kappa shape index (κ3) is 6.28. The van der Waals surface area contributed by atoms with Crippen LogP contribution in [0.5, 0.6) is 0 Å². The lowest BCUT2D eigenvalue weighted by atomic mass is 9.95. The van der Waals surface area contributed by atoms with Crippen LogP contribution >= 0.6 is 0 Å². The second-order valence-corrected chi connectivity index (χ2v) is 10.0. The molecule has 2 saturated heterocycles. The first-order valence-corrected chi connectivity index (χ1v) is 13.4. The van der Waals surface area contributed by atoms with Crippen molar-refractivity contribution in [1.29, 1.82) is 10.8 Å². The van der Waals surface area contributed by atoms with Gasteiger partial charge in [0.15, 0.2) is 5.84 Å². The van der Waals surface area contributed by atoms with E-state index in [4.69, 9.17) is 21.6 Å². The van der Waals surface area contributed by atoms with Gasteiger partial charge in [0.1, 0.15) is 23.1 Å². The normalized spacial score (nSPS) is 16.9. The molecule has 0 spiro atoms. The quantitative estimate of drug-likeness (QED) is 0.108. The Hall–Kier alpha value is -4.97.